The van der Waals surface area contributed by atoms with Crippen LogP contribution < -0.4 is 0 Å². The molecule has 0 unspecified atom stereocenters. The summed E-state index contributed by atoms with van der Waals surface area (Å²) in [7, 11) is 1.85. The molecule has 4 heteroatoms. The summed E-state index contributed by atoms with van der Waals surface area (Å²) in [6.07, 6.45) is 2.11. The summed E-state index contributed by atoms with van der Waals surface area (Å²) in [4.78, 5) is 12.3. The minimum atomic E-state index is -0.895. The Hall–Kier alpha value is -1.34. The number of carboxylic acids is 1. The first-order valence-electron chi connectivity index (χ1n) is 4.03. The molecule has 13 heavy (non-hydrogen) atoms. The zero-order valence-corrected chi connectivity index (χ0v) is 7.95. The Bertz CT molecular complexity index is 240. The average molecular weight is 182 g/mol. The molecular weight excluding hydrogens is 168 g/mol. The van der Waals surface area contributed by atoms with Crippen LogP contribution in [0.4, 0.5) is 0 Å². The van der Waals surface area contributed by atoms with E-state index in [0.717, 1.165) is 0 Å². The van der Waals surface area contributed by atoms with E-state index in [9.17, 15) is 4.79 Å². The van der Waals surface area contributed by atoms with E-state index >= 15 is 0 Å². The lowest BCUT2D eigenvalue weighted by Gasteiger charge is -2.11. The van der Waals surface area contributed by atoms with Crippen LogP contribution in [0.15, 0.2) is 11.6 Å². The van der Waals surface area contributed by atoms with E-state index in [1.807, 2.05) is 18.0 Å². The Kier molecular flexibility index (Phi) is 5.57. The molecule has 1 N–H and O–H groups in total. The van der Waals surface area contributed by atoms with Crippen LogP contribution >= 0.6 is 0 Å². The Morgan fingerprint density at radius 1 is 1.69 bits per heavy atom. The van der Waals surface area contributed by atoms with Gasteiger partial charge in [0, 0.05) is 25.1 Å². The molecule has 0 aromatic rings. The van der Waals surface area contributed by atoms with Crippen molar-refractivity contribution < 1.29 is 9.90 Å². The third-order valence-electron chi connectivity index (χ3n) is 1.65. The first-order chi connectivity index (χ1) is 6.07. The van der Waals surface area contributed by atoms with Crippen molar-refractivity contribution in [2.45, 2.75) is 13.3 Å². The predicted molar refractivity (Wildman–Crippen MR) is 49.1 cm³/mol. The van der Waals surface area contributed by atoms with E-state index in [0.29, 0.717) is 25.1 Å². The molecule has 0 aliphatic heterocycles. The minimum absolute atomic E-state index is 0.337. The van der Waals surface area contributed by atoms with Gasteiger partial charge in [-0.1, -0.05) is 6.08 Å². The smallest absolute Gasteiger partial charge is 0.330 e. The van der Waals surface area contributed by atoms with Gasteiger partial charge in [0.25, 0.3) is 0 Å². The van der Waals surface area contributed by atoms with Gasteiger partial charge >= 0.3 is 5.97 Å². The van der Waals surface area contributed by atoms with Crippen molar-refractivity contribution in [2.24, 2.45) is 0 Å². The zero-order chi connectivity index (χ0) is 10.3. The SMILES string of the molecule is CC(=CCN(C)CCC#N)C(=O)O. The van der Waals surface area contributed by atoms with E-state index in [-0.39, 0.29) is 0 Å². The van der Waals surface area contributed by atoms with Gasteiger partial charge < -0.3 is 10.0 Å². The standard InChI is InChI=1S/C9H14N2O2/c1-8(9(12)13)4-7-11(2)6-3-5-10/h4H,3,6-7H2,1-2H3,(H,12,13). The maximum Gasteiger partial charge on any atom is 0.330 e. The van der Waals surface area contributed by atoms with Gasteiger partial charge in [-0.05, 0) is 14.0 Å². The molecule has 0 aromatic carbocycles. The fourth-order valence-electron chi connectivity index (χ4n) is 0.712. The van der Waals surface area contributed by atoms with E-state index < -0.39 is 5.97 Å². The number of hydrogen-bond donors (Lipinski definition) is 1. The van der Waals surface area contributed by atoms with Crippen molar-refractivity contribution >= 4 is 5.97 Å². The third kappa shape index (κ3) is 5.88. The third-order valence-corrected chi connectivity index (χ3v) is 1.65. The van der Waals surface area contributed by atoms with E-state index in [1.54, 1.807) is 13.0 Å². The lowest BCUT2D eigenvalue weighted by atomic mass is 10.3. The zero-order valence-electron chi connectivity index (χ0n) is 7.95. The summed E-state index contributed by atoms with van der Waals surface area (Å²) in [5, 5.41) is 16.8. The van der Waals surface area contributed by atoms with Crippen LogP contribution in [0.25, 0.3) is 0 Å². The van der Waals surface area contributed by atoms with Gasteiger partial charge in [-0.3, -0.25) is 0 Å². The first-order valence-corrected chi connectivity index (χ1v) is 4.03. The van der Waals surface area contributed by atoms with Crippen LogP contribution in [-0.2, 0) is 4.79 Å². The number of aliphatic carboxylic acids is 1. The van der Waals surface area contributed by atoms with E-state index in [1.165, 1.54) is 0 Å². The van der Waals surface area contributed by atoms with E-state index in [2.05, 4.69) is 0 Å². The van der Waals surface area contributed by atoms with Gasteiger partial charge in [0.2, 0.25) is 0 Å². The van der Waals surface area contributed by atoms with Gasteiger partial charge in [-0.2, -0.15) is 5.26 Å². The molecule has 0 radical (unpaired) electrons. The fourth-order valence-corrected chi connectivity index (χ4v) is 0.712. The maximum absolute atomic E-state index is 10.4. The summed E-state index contributed by atoms with van der Waals surface area (Å²) < 4.78 is 0. The van der Waals surface area contributed by atoms with Crippen LogP contribution in [-0.4, -0.2) is 36.1 Å². The van der Waals surface area contributed by atoms with Crippen molar-refractivity contribution in [3.05, 3.63) is 11.6 Å². The molecule has 0 saturated heterocycles. The molecule has 0 heterocycles. The number of nitrogens with zero attached hydrogens (tertiary/aromatic N) is 2. The van der Waals surface area contributed by atoms with Crippen LogP contribution in [0.2, 0.25) is 0 Å². The summed E-state index contributed by atoms with van der Waals surface area (Å²) in [6, 6.07) is 2.03. The van der Waals surface area contributed by atoms with Gasteiger partial charge in [0.15, 0.2) is 0 Å². The largest absolute Gasteiger partial charge is 0.478 e. The normalized spacial score (nSPS) is 11.4. The monoisotopic (exact) mass is 182 g/mol. The van der Waals surface area contributed by atoms with Crippen LogP contribution in [0, 0.1) is 11.3 Å². The second-order valence-corrected chi connectivity index (χ2v) is 2.86. The molecule has 72 valence electrons. The second kappa shape index (κ2) is 6.21. The fraction of sp³-hybridized carbons (Fsp3) is 0.556. The molecule has 0 spiro atoms. The summed E-state index contributed by atoms with van der Waals surface area (Å²) in [6.45, 7) is 2.79. The van der Waals surface area contributed by atoms with Gasteiger partial charge in [0.05, 0.1) is 6.07 Å². The van der Waals surface area contributed by atoms with Gasteiger partial charge in [-0.15, -0.1) is 0 Å². The highest BCUT2D eigenvalue weighted by molar-refractivity contribution is 5.85. The molecule has 0 fully saturated rings. The van der Waals surface area contributed by atoms with E-state index in [4.69, 9.17) is 10.4 Å². The van der Waals surface area contributed by atoms with Crippen LogP contribution in [0.5, 0.6) is 0 Å². The molecule has 0 aliphatic rings. The topological polar surface area (TPSA) is 64.3 Å². The predicted octanol–water partition coefficient (Wildman–Crippen LogP) is 0.863. The van der Waals surface area contributed by atoms with Crippen molar-refractivity contribution in [3.63, 3.8) is 0 Å². The van der Waals surface area contributed by atoms with Crippen molar-refractivity contribution in [3.8, 4) is 6.07 Å². The molecule has 0 amide bonds. The minimum Gasteiger partial charge on any atom is -0.478 e. The van der Waals surface area contributed by atoms with Crippen molar-refractivity contribution in [1.29, 1.82) is 5.26 Å². The summed E-state index contributed by atoms with van der Waals surface area (Å²) in [5.74, 6) is -0.895. The molecule has 0 atom stereocenters. The molecule has 0 saturated carbocycles. The van der Waals surface area contributed by atoms with Crippen molar-refractivity contribution in [2.75, 3.05) is 20.1 Å². The highest BCUT2D eigenvalue weighted by Gasteiger charge is 2.00. The maximum atomic E-state index is 10.4. The Morgan fingerprint density at radius 2 is 2.31 bits per heavy atom. The summed E-state index contributed by atoms with van der Waals surface area (Å²) in [5.41, 5.74) is 0.337. The molecule has 0 aromatic heterocycles. The molecule has 0 rings (SSSR count). The number of rotatable bonds is 5. The quantitative estimate of drug-likeness (QED) is 0.640. The lowest BCUT2D eigenvalue weighted by Crippen LogP contribution is -2.19. The Labute approximate surface area is 78.1 Å². The number of carboxylic acid groups (broad SMARTS) is 1. The number of likely N-dealkylation sites (N-methyl/N-ethyl adjacent to an activating group) is 1. The number of nitriles is 1. The molecule has 4 nitrogen and oxygen atoms in total. The average Bonchev–Trinajstić information content (AvgIpc) is 2.10. The number of hydrogen-bond acceptors (Lipinski definition) is 3. The Morgan fingerprint density at radius 3 is 2.77 bits per heavy atom. The lowest BCUT2D eigenvalue weighted by molar-refractivity contribution is -0.132. The van der Waals surface area contributed by atoms with Gasteiger partial charge in [-0.25, -0.2) is 4.79 Å². The summed E-state index contributed by atoms with van der Waals surface area (Å²) >= 11 is 0. The first kappa shape index (κ1) is 11.7. The van der Waals surface area contributed by atoms with Crippen LogP contribution in [0.1, 0.15) is 13.3 Å². The van der Waals surface area contributed by atoms with Gasteiger partial charge in [0.1, 0.15) is 0 Å². The van der Waals surface area contributed by atoms with Crippen molar-refractivity contribution in [1.82, 2.24) is 4.90 Å². The highest BCUT2D eigenvalue weighted by atomic mass is 16.4. The number of carbonyl (C=O) groups is 1. The highest BCUT2D eigenvalue weighted by Crippen LogP contribution is 1.94. The molecule has 0 bridgehead atoms. The molecular formula is C9H14N2O2. The molecule has 0 aliphatic carbocycles. The second-order valence-electron chi connectivity index (χ2n) is 2.86. The van der Waals surface area contributed by atoms with Crippen LogP contribution in [0.3, 0.4) is 0 Å². The Balaban J connectivity index is 3.81.